The van der Waals surface area contributed by atoms with Gasteiger partial charge in [0.15, 0.2) is 0 Å². The van der Waals surface area contributed by atoms with Crippen LogP contribution >= 0.6 is 0 Å². The lowest BCUT2D eigenvalue weighted by atomic mass is 10.1. The van der Waals surface area contributed by atoms with Gasteiger partial charge in [0, 0.05) is 4.92 Å². The van der Waals surface area contributed by atoms with Crippen molar-refractivity contribution in [1.29, 1.82) is 0 Å². The van der Waals surface area contributed by atoms with Crippen LogP contribution in [0.4, 0.5) is 0 Å². The van der Waals surface area contributed by atoms with Gasteiger partial charge in [-0.15, -0.1) is 0 Å². The average molecular weight is 221 g/mol. The highest BCUT2D eigenvalue weighted by atomic mass is 16.6. The second kappa shape index (κ2) is 6.02. The van der Waals surface area contributed by atoms with E-state index in [2.05, 4.69) is 6.58 Å². The lowest BCUT2D eigenvalue weighted by Crippen LogP contribution is -2.16. The summed E-state index contributed by atoms with van der Waals surface area (Å²) < 4.78 is 5.46. The predicted molar refractivity (Wildman–Crippen MR) is 61.8 cm³/mol. The Morgan fingerprint density at radius 1 is 1.50 bits per heavy atom. The molecule has 4 heteroatoms. The van der Waals surface area contributed by atoms with Crippen LogP contribution in [-0.2, 0) is 4.74 Å². The van der Waals surface area contributed by atoms with Crippen molar-refractivity contribution >= 4 is 0 Å². The van der Waals surface area contributed by atoms with Gasteiger partial charge in [0.1, 0.15) is 6.10 Å². The van der Waals surface area contributed by atoms with E-state index >= 15 is 0 Å². The Morgan fingerprint density at radius 2 is 2.12 bits per heavy atom. The Kier molecular flexibility index (Phi) is 4.66. The van der Waals surface area contributed by atoms with Gasteiger partial charge in [-0.25, -0.2) is 0 Å². The standard InChI is InChI=1S/C12H15NO3/c1-10(2)9-16-12(8-13(14)15)11-6-4-3-5-7-11/h3-7,12H,1,8-9H2,2H3. The molecule has 0 fully saturated rings. The topological polar surface area (TPSA) is 52.4 Å². The maximum atomic E-state index is 10.5. The van der Waals surface area contributed by atoms with E-state index in [9.17, 15) is 10.1 Å². The molecule has 4 nitrogen and oxygen atoms in total. The monoisotopic (exact) mass is 221 g/mol. The van der Waals surface area contributed by atoms with E-state index < -0.39 is 6.10 Å². The number of rotatable bonds is 6. The molecule has 1 aromatic carbocycles. The SMILES string of the molecule is C=C(C)COC(C[N+](=O)[O-])c1ccccc1. The molecule has 0 aliphatic carbocycles. The summed E-state index contributed by atoms with van der Waals surface area (Å²) >= 11 is 0. The van der Waals surface area contributed by atoms with Crippen molar-refractivity contribution in [2.45, 2.75) is 13.0 Å². The Bertz CT molecular complexity index is 362. The third-order valence-electron chi connectivity index (χ3n) is 2.02. The molecule has 0 aromatic heterocycles. The van der Waals surface area contributed by atoms with Crippen molar-refractivity contribution in [2.75, 3.05) is 13.2 Å². The third-order valence-corrected chi connectivity index (χ3v) is 2.02. The van der Waals surface area contributed by atoms with Crippen LogP contribution in [0.25, 0.3) is 0 Å². The number of nitrogens with zero attached hydrogens (tertiary/aromatic N) is 1. The van der Waals surface area contributed by atoms with Crippen LogP contribution in [0.15, 0.2) is 42.5 Å². The first kappa shape index (κ1) is 12.4. The molecule has 0 spiro atoms. The molecule has 86 valence electrons. The molecule has 0 amide bonds. The second-order valence-corrected chi connectivity index (χ2v) is 3.68. The lowest BCUT2D eigenvalue weighted by molar-refractivity contribution is -0.492. The second-order valence-electron chi connectivity index (χ2n) is 3.68. The van der Waals surface area contributed by atoms with Gasteiger partial charge in [-0.05, 0) is 12.5 Å². The van der Waals surface area contributed by atoms with Crippen LogP contribution in [0.1, 0.15) is 18.6 Å². The first-order chi connectivity index (χ1) is 7.59. The number of ether oxygens (including phenoxy) is 1. The Morgan fingerprint density at radius 3 is 2.62 bits per heavy atom. The van der Waals surface area contributed by atoms with Gasteiger partial charge in [-0.1, -0.05) is 42.5 Å². The average Bonchev–Trinajstić information content (AvgIpc) is 2.25. The van der Waals surface area contributed by atoms with Crippen molar-refractivity contribution in [3.63, 3.8) is 0 Å². The highest BCUT2D eigenvalue weighted by Gasteiger charge is 2.17. The minimum Gasteiger partial charge on any atom is -0.362 e. The van der Waals surface area contributed by atoms with E-state index in [-0.39, 0.29) is 11.5 Å². The number of hydrogen-bond acceptors (Lipinski definition) is 3. The molecular weight excluding hydrogens is 206 g/mol. The van der Waals surface area contributed by atoms with Crippen molar-refractivity contribution in [3.8, 4) is 0 Å². The van der Waals surface area contributed by atoms with Crippen molar-refractivity contribution < 1.29 is 9.66 Å². The predicted octanol–water partition coefficient (Wildman–Crippen LogP) is 2.60. The Balaban J connectivity index is 2.71. The fourth-order valence-corrected chi connectivity index (χ4v) is 1.30. The quantitative estimate of drug-likeness (QED) is 0.421. The van der Waals surface area contributed by atoms with Crippen molar-refractivity contribution in [1.82, 2.24) is 0 Å². The summed E-state index contributed by atoms with van der Waals surface area (Å²) in [7, 11) is 0. The van der Waals surface area contributed by atoms with Gasteiger partial charge in [0.2, 0.25) is 6.54 Å². The number of nitro groups is 1. The third kappa shape index (κ3) is 4.23. The molecule has 0 heterocycles. The summed E-state index contributed by atoms with van der Waals surface area (Å²) in [5.41, 5.74) is 1.67. The fraction of sp³-hybridized carbons (Fsp3) is 0.333. The number of benzene rings is 1. The van der Waals surface area contributed by atoms with E-state index in [0.29, 0.717) is 6.61 Å². The summed E-state index contributed by atoms with van der Waals surface area (Å²) in [6.45, 7) is 5.65. The van der Waals surface area contributed by atoms with Gasteiger partial charge in [-0.2, -0.15) is 0 Å². The number of hydrogen-bond donors (Lipinski definition) is 0. The molecule has 1 unspecified atom stereocenters. The highest BCUT2D eigenvalue weighted by Crippen LogP contribution is 2.17. The molecular formula is C12H15NO3. The van der Waals surface area contributed by atoms with Crippen LogP contribution in [0.3, 0.4) is 0 Å². The van der Waals surface area contributed by atoms with Crippen LogP contribution in [0.2, 0.25) is 0 Å². The summed E-state index contributed by atoms with van der Waals surface area (Å²) in [6, 6.07) is 9.20. The minimum absolute atomic E-state index is 0.225. The molecule has 0 N–H and O–H groups in total. The summed E-state index contributed by atoms with van der Waals surface area (Å²) in [5.74, 6) is 0. The molecule has 1 rings (SSSR count). The Labute approximate surface area is 94.7 Å². The first-order valence-corrected chi connectivity index (χ1v) is 5.02. The molecule has 1 aromatic rings. The largest absolute Gasteiger partial charge is 0.362 e. The summed E-state index contributed by atoms with van der Waals surface area (Å²) in [5, 5.41) is 10.5. The van der Waals surface area contributed by atoms with E-state index in [4.69, 9.17) is 4.74 Å². The van der Waals surface area contributed by atoms with Gasteiger partial charge in [0.25, 0.3) is 0 Å². The zero-order valence-electron chi connectivity index (χ0n) is 9.26. The molecule has 0 bridgehead atoms. The summed E-state index contributed by atoms with van der Waals surface area (Å²) in [6.07, 6.45) is -0.507. The molecule has 0 radical (unpaired) electrons. The molecule has 0 aliphatic heterocycles. The fourth-order valence-electron chi connectivity index (χ4n) is 1.30. The molecule has 0 saturated carbocycles. The van der Waals surface area contributed by atoms with Crippen LogP contribution in [0.5, 0.6) is 0 Å². The molecule has 0 aliphatic rings. The summed E-state index contributed by atoms with van der Waals surface area (Å²) in [4.78, 5) is 10.2. The van der Waals surface area contributed by atoms with Gasteiger partial charge < -0.3 is 4.74 Å². The van der Waals surface area contributed by atoms with Crippen LogP contribution < -0.4 is 0 Å². The van der Waals surface area contributed by atoms with E-state index in [1.54, 1.807) is 0 Å². The molecule has 16 heavy (non-hydrogen) atoms. The van der Waals surface area contributed by atoms with E-state index in [1.165, 1.54) is 0 Å². The Hall–Kier alpha value is -1.68. The smallest absolute Gasteiger partial charge is 0.233 e. The maximum Gasteiger partial charge on any atom is 0.233 e. The zero-order chi connectivity index (χ0) is 12.0. The van der Waals surface area contributed by atoms with Crippen molar-refractivity contribution in [3.05, 3.63) is 58.2 Å². The normalized spacial score (nSPS) is 12.1. The van der Waals surface area contributed by atoms with Crippen molar-refractivity contribution in [2.24, 2.45) is 0 Å². The first-order valence-electron chi connectivity index (χ1n) is 5.02. The van der Waals surface area contributed by atoms with Gasteiger partial charge in [0.05, 0.1) is 6.61 Å². The van der Waals surface area contributed by atoms with Gasteiger partial charge >= 0.3 is 0 Å². The maximum absolute atomic E-state index is 10.5. The van der Waals surface area contributed by atoms with E-state index in [0.717, 1.165) is 11.1 Å². The zero-order valence-corrected chi connectivity index (χ0v) is 9.26. The van der Waals surface area contributed by atoms with Gasteiger partial charge in [-0.3, -0.25) is 10.1 Å². The highest BCUT2D eigenvalue weighted by molar-refractivity contribution is 5.17. The van der Waals surface area contributed by atoms with Crippen LogP contribution in [0, 0.1) is 10.1 Å². The van der Waals surface area contributed by atoms with Crippen LogP contribution in [-0.4, -0.2) is 18.1 Å². The minimum atomic E-state index is -0.507. The van der Waals surface area contributed by atoms with E-state index in [1.807, 2.05) is 37.3 Å². The lowest BCUT2D eigenvalue weighted by Gasteiger charge is -2.14. The molecule has 1 atom stereocenters. The molecule has 0 saturated heterocycles.